The van der Waals surface area contributed by atoms with E-state index in [9.17, 15) is 9.59 Å². The molecule has 0 spiro atoms. The zero-order valence-corrected chi connectivity index (χ0v) is 9.97. The fraction of sp³-hybridized carbons (Fsp3) is 0.250. The molecule has 0 N–H and O–H groups in total. The van der Waals surface area contributed by atoms with E-state index in [2.05, 4.69) is 5.10 Å². The van der Waals surface area contributed by atoms with Crippen LogP contribution >= 0.6 is 0 Å². The van der Waals surface area contributed by atoms with E-state index in [-0.39, 0.29) is 11.5 Å². The summed E-state index contributed by atoms with van der Waals surface area (Å²) in [5, 5.41) is 5.14. The van der Waals surface area contributed by atoms with E-state index in [1.165, 1.54) is 9.58 Å². The van der Waals surface area contributed by atoms with E-state index in [0.29, 0.717) is 16.5 Å². The first-order chi connectivity index (χ1) is 8.02. The van der Waals surface area contributed by atoms with Crippen LogP contribution in [0.15, 0.2) is 29.1 Å². The molecule has 1 heterocycles. The summed E-state index contributed by atoms with van der Waals surface area (Å²) < 4.78 is 1.19. The quantitative estimate of drug-likeness (QED) is 0.723. The van der Waals surface area contributed by atoms with Crippen LogP contribution in [0.3, 0.4) is 0 Å². The summed E-state index contributed by atoms with van der Waals surface area (Å²) in [5.41, 5.74) is 0.101. The fourth-order valence-electron chi connectivity index (χ4n) is 1.67. The molecule has 0 aliphatic heterocycles. The second kappa shape index (κ2) is 4.01. The van der Waals surface area contributed by atoms with Crippen LogP contribution in [0.5, 0.6) is 0 Å². The second-order valence-electron chi connectivity index (χ2n) is 4.02. The smallest absolute Gasteiger partial charge is 0.274 e. The molecule has 5 nitrogen and oxygen atoms in total. The molecule has 2 rings (SSSR count). The van der Waals surface area contributed by atoms with Gasteiger partial charge in [0.15, 0.2) is 5.69 Å². The van der Waals surface area contributed by atoms with Crippen molar-refractivity contribution < 1.29 is 4.79 Å². The second-order valence-corrected chi connectivity index (χ2v) is 4.02. The number of hydrogen-bond donors (Lipinski definition) is 0. The van der Waals surface area contributed by atoms with Crippen molar-refractivity contribution >= 4 is 16.7 Å². The lowest BCUT2D eigenvalue weighted by Crippen LogP contribution is -2.28. The van der Waals surface area contributed by atoms with Gasteiger partial charge in [-0.25, -0.2) is 4.68 Å². The molecule has 0 aliphatic rings. The highest BCUT2D eigenvalue weighted by molar-refractivity contribution is 6.04. The van der Waals surface area contributed by atoms with Crippen molar-refractivity contribution in [2.45, 2.75) is 0 Å². The van der Waals surface area contributed by atoms with Gasteiger partial charge in [-0.05, 0) is 6.07 Å². The van der Waals surface area contributed by atoms with Gasteiger partial charge in [0.25, 0.3) is 11.5 Å². The molecule has 88 valence electrons. The Morgan fingerprint density at radius 2 is 1.82 bits per heavy atom. The Balaban J connectivity index is 2.85. The van der Waals surface area contributed by atoms with Gasteiger partial charge in [0.1, 0.15) is 0 Å². The van der Waals surface area contributed by atoms with E-state index in [4.69, 9.17) is 0 Å². The molecular formula is C12H13N3O2. The molecule has 0 bridgehead atoms. The molecule has 0 fully saturated rings. The SMILES string of the molecule is CN(C)C(=O)c1nn(C)c(=O)c2ccccc12. The molecule has 0 unspecified atom stereocenters. The van der Waals surface area contributed by atoms with Gasteiger partial charge in [-0.15, -0.1) is 0 Å². The number of benzene rings is 1. The molecule has 1 aromatic heterocycles. The first-order valence-corrected chi connectivity index (χ1v) is 5.20. The van der Waals surface area contributed by atoms with Crippen LogP contribution in [0.1, 0.15) is 10.5 Å². The molecule has 0 saturated carbocycles. The number of nitrogens with zero attached hydrogens (tertiary/aromatic N) is 3. The minimum Gasteiger partial charge on any atom is -0.343 e. The molecule has 17 heavy (non-hydrogen) atoms. The van der Waals surface area contributed by atoms with Gasteiger partial charge in [-0.1, -0.05) is 18.2 Å². The van der Waals surface area contributed by atoms with Crippen LogP contribution < -0.4 is 5.56 Å². The molecule has 1 amide bonds. The molecule has 1 aromatic carbocycles. The number of amides is 1. The van der Waals surface area contributed by atoms with E-state index in [1.54, 1.807) is 45.4 Å². The van der Waals surface area contributed by atoms with Gasteiger partial charge < -0.3 is 4.90 Å². The van der Waals surface area contributed by atoms with Crippen LogP contribution in [0.2, 0.25) is 0 Å². The van der Waals surface area contributed by atoms with Crippen molar-refractivity contribution in [3.63, 3.8) is 0 Å². The third kappa shape index (κ3) is 1.80. The summed E-state index contributed by atoms with van der Waals surface area (Å²) in [4.78, 5) is 25.3. The third-order valence-corrected chi connectivity index (χ3v) is 2.57. The maximum atomic E-state index is 12.0. The Morgan fingerprint density at radius 3 is 2.41 bits per heavy atom. The summed E-state index contributed by atoms with van der Waals surface area (Å²) >= 11 is 0. The standard InChI is InChI=1S/C12H13N3O2/c1-14(2)12(17)10-8-6-4-5-7-9(8)11(16)15(3)13-10/h4-7H,1-3H3. The number of aryl methyl sites for hydroxylation is 1. The predicted molar refractivity (Wildman–Crippen MR) is 65.0 cm³/mol. The summed E-state index contributed by atoms with van der Waals surface area (Å²) in [5.74, 6) is -0.211. The van der Waals surface area contributed by atoms with Crippen LogP contribution in [0.4, 0.5) is 0 Å². The lowest BCUT2D eigenvalue weighted by molar-refractivity contribution is 0.0821. The number of carbonyl (C=O) groups excluding carboxylic acids is 1. The van der Waals surface area contributed by atoms with Gasteiger partial charge in [0.05, 0.1) is 5.39 Å². The van der Waals surface area contributed by atoms with Crippen molar-refractivity contribution in [3.8, 4) is 0 Å². The number of fused-ring (bicyclic) bond motifs is 1. The maximum absolute atomic E-state index is 12.0. The maximum Gasteiger partial charge on any atom is 0.274 e. The highest BCUT2D eigenvalue weighted by atomic mass is 16.2. The number of carbonyl (C=O) groups is 1. The fourth-order valence-corrected chi connectivity index (χ4v) is 1.67. The third-order valence-electron chi connectivity index (χ3n) is 2.57. The van der Waals surface area contributed by atoms with Gasteiger partial charge in [0.2, 0.25) is 0 Å². The lowest BCUT2D eigenvalue weighted by Gasteiger charge is -2.12. The molecule has 5 heteroatoms. The average molecular weight is 231 g/mol. The monoisotopic (exact) mass is 231 g/mol. The lowest BCUT2D eigenvalue weighted by atomic mass is 10.1. The minimum absolute atomic E-state index is 0.198. The number of rotatable bonds is 1. The summed E-state index contributed by atoms with van der Waals surface area (Å²) in [6, 6.07) is 7.00. The van der Waals surface area contributed by atoms with Crippen LogP contribution in [0.25, 0.3) is 10.8 Å². The zero-order valence-electron chi connectivity index (χ0n) is 9.97. The van der Waals surface area contributed by atoms with Crippen LogP contribution in [-0.2, 0) is 7.05 Å². The van der Waals surface area contributed by atoms with E-state index in [0.717, 1.165) is 0 Å². The van der Waals surface area contributed by atoms with Crippen molar-refractivity contribution in [2.75, 3.05) is 14.1 Å². The van der Waals surface area contributed by atoms with Crippen molar-refractivity contribution in [1.29, 1.82) is 0 Å². The molecule has 0 atom stereocenters. The number of aromatic nitrogens is 2. The average Bonchev–Trinajstić information content (AvgIpc) is 2.33. The molecule has 0 radical (unpaired) electrons. The van der Waals surface area contributed by atoms with Crippen LogP contribution in [0, 0.1) is 0 Å². The molecule has 0 saturated heterocycles. The minimum atomic E-state index is -0.211. The van der Waals surface area contributed by atoms with Crippen LogP contribution in [-0.4, -0.2) is 34.7 Å². The Morgan fingerprint density at radius 1 is 1.24 bits per heavy atom. The van der Waals surface area contributed by atoms with Crippen molar-refractivity contribution in [2.24, 2.45) is 7.05 Å². The molecule has 2 aromatic rings. The Labute approximate surface area is 98.3 Å². The van der Waals surface area contributed by atoms with Gasteiger partial charge in [-0.3, -0.25) is 9.59 Å². The Kier molecular flexibility index (Phi) is 2.67. The first-order valence-electron chi connectivity index (χ1n) is 5.20. The molecule has 0 aliphatic carbocycles. The highest BCUT2D eigenvalue weighted by Gasteiger charge is 2.16. The van der Waals surface area contributed by atoms with E-state index >= 15 is 0 Å². The molecular weight excluding hydrogens is 218 g/mol. The normalized spacial score (nSPS) is 10.5. The summed E-state index contributed by atoms with van der Waals surface area (Å²) in [7, 11) is 4.86. The Bertz CT molecular complexity index is 644. The highest BCUT2D eigenvalue weighted by Crippen LogP contribution is 2.13. The first kappa shape index (κ1) is 11.3. The van der Waals surface area contributed by atoms with Gasteiger partial charge in [0, 0.05) is 26.5 Å². The number of hydrogen-bond acceptors (Lipinski definition) is 3. The van der Waals surface area contributed by atoms with Crippen molar-refractivity contribution in [3.05, 3.63) is 40.3 Å². The summed E-state index contributed by atoms with van der Waals surface area (Å²) in [6.07, 6.45) is 0. The Hall–Kier alpha value is -2.17. The topological polar surface area (TPSA) is 55.2 Å². The predicted octanol–water partition coefficient (Wildman–Crippen LogP) is 0.635. The zero-order chi connectivity index (χ0) is 12.6. The van der Waals surface area contributed by atoms with Gasteiger partial charge in [-0.2, -0.15) is 5.10 Å². The van der Waals surface area contributed by atoms with Gasteiger partial charge >= 0.3 is 0 Å². The van der Waals surface area contributed by atoms with E-state index in [1.807, 2.05) is 0 Å². The summed E-state index contributed by atoms with van der Waals surface area (Å²) in [6.45, 7) is 0. The van der Waals surface area contributed by atoms with E-state index < -0.39 is 0 Å². The largest absolute Gasteiger partial charge is 0.343 e. The van der Waals surface area contributed by atoms with Crippen molar-refractivity contribution in [1.82, 2.24) is 14.7 Å².